The van der Waals surface area contributed by atoms with E-state index in [0.29, 0.717) is 17.5 Å². The number of halogens is 1. The van der Waals surface area contributed by atoms with Crippen LogP contribution in [0.25, 0.3) is 0 Å². The Balaban J connectivity index is 2.35. The number of benzene rings is 1. The number of fused-ring (bicyclic) bond motifs is 1. The highest BCUT2D eigenvalue weighted by atomic mass is 32.2. The fraction of sp³-hybridized carbons (Fsp3) is 0.364. The maximum Gasteiger partial charge on any atom is 0.323 e. The zero-order valence-corrected chi connectivity index (χ0v) is 9.63. The largest absolute Gasteiger partial charge is 0.480 e. The molecule has 1 heterocycles. The highest BCUT2D eigenvalue weighted by molar-refractivity contribution is 8.00. The van der Waals surface area contributed by atoms with Gasteiger partial charge in [-0.25, -0.2) is 4.39 Å². The van der Waals surface area contributed by atoms with Crippen LogP contribution < -0.4 is 4.90 Å². The van der Waals surface area contributed by atoms with Crippen molar-refractivity contribution in [1.82, 2.24) is 0 Å². The lowest BCUT2D eigenvalue weighted by Crippen LogP contribution is -2.37. The first-order valence-corrected chi connectivity index (χ1v) is 5.87. The highest BCUT2D eigenvalue weighted by Crippen LogP contribution is 2.38. The normalized spacial score (nSPS) is 19.4. The van der Waals surface area contributed by atoms with E-state index in [1.807, 2.05) is 6.92 Å². The zero-order valence-electron chi connectivity index (χ0n) is 8.81. The third kappa shape index (κ3) is 2.29. The molecule has 3 nitrogen and oxygen atoms in total. The predicted molar refractivity (Wildman–Crippen MR) is 61.6 cm³/mol. The Bertz CT molecular complexity index is 424. The number of hydrogen-bond donors (Lipinski definition) is 1. The molecule has 1 aromatic carbocycles. The summed E-state index contributed by atoms with van der Waals surface area (Å²) in [5.74, 6) is -1.22. The van der Waals surface area contributed by atoms with Crippen LogP contribution in [-0.4, -0.2) is 29.4 Å². The third-order valence-corrected chi connectivity index (χ3v) is 3.54. The molecule has 1 atom stereocenters. The summed E-state index contributed by atoms with van der Waals surface area (Å²) in [7, 11) is 0. The molecule has 1 unspecified atom stereocenters. The molecule has 0 amide bonds. The average Bonchev–Trinajstić information content (AvgIpc) is 2.18. The highest BCUT2D eigenvalue weighted by Gasteiger charge is 2.24. The minimum Gasteiger partial charge on any atom is -0.480 e. The van der Waals surface area contributed by atoms with Gasteiger partial charge in [-0.05, 0) is 18.2 Å². The van der Waals surface area contributed by atoms with Gasteiger partial charge in [0.25, 0.3) is 0 Å². The second-order valence-corrected chi connectivity index (χ2v) is 5.30. The molecule has 5 heteroatoms. The monoisotopic (exact) mass is 241 g/mol. The number of aliphatic carboxylic acids is 1. The van der Waals surface area contributed by atoms with Crippen LogP contribution in [0.15, 0.2) is 23.1 Å². The van der Waals surface area contributed by atoms with Crippen molar-refractivity contribution >= 4 is 23.4 Å². The second-order valence-electron chi connectivity index (χ2n) is 3.81. The van der Waals surface area contributed by atoms with E-state index in [9.17, 15) is 9.18 Å². The molecule has 1 N–H and O–H groups in total. The molecule has 0 aliphatic carbocycles. The molecule has 0 saturated heterocycles. The van der Waals surface area contributed by atoms with Crippen LogP contribution in [-0.2, 0) is 4.79 Å². The maximum atomic E-state index is 13.1. The van der Waals surface area contributed by atoms with Crippen molar-refractivity contribution < 1.29 is 14.3 Å². The van der Waals surface area contributed by atoms with E-state index < -0.39 is 5.97 Å². The van der Waals surface area contributed by atoms with E-state index >= 15 is 0 Å². The van der Waals surface area contributed by atoms with Gasteiger partial charge in [0.1, 0.15) is 12.4 Å². The Morgan fingerprint density at radius 1 is 1.69 bits per heavy atom. The van der Waals surface area contributed by atoms with Gasteiger partial charge < -0.3 is 10.0 Å². The summed E-state index contributed by atoms with van der Waals surface area (Å²) in [6.45, 7) is 2.58. The molecule has 0 aromatic heterocycles. The first-order valence-electron chi connectivity index (χ1n) is 4.99. The van der Waals surface area contributed by atoms with E-state index in [2.05, 4.69) is 0 Å². The number of rotatable bonds is 2. The fourth-order valence-corrected chi connectivity index (χ4v) is 2.96. The molecule has 0 saturated carbocycles. The Labute approximate surface area is 97.3 Å². The van der Waals surface area contributed by atoms with Crippen molar-refractivity contribution in [3.8, 4) is 0 Å². The number of thioether (sulfide) groups is 1. The summed E-state index contributed by atoms with van der Waals surface area (Å²) in [6, 6.07) is 4.51. The van der Waals surface area contributed by atoms with Gasteiger partial charge in [0.15, 0.2) is 0 Å². The Morgan fingerprint density at radius 3 is 3.12 bits per heavy atom. The number of anilines is 1. The Hall–Kier alpha value is -1.23. The van der Waals surface area contributed by atoms with Crippen molar-refractivity contribution in [1.29, 1.82) is 0 Å². The van der Waals surface area contributed by atoms with Gasteiger partial charge in [-0.15, -0.1) is 11.8 Å². The molecule has 0 bridgehead atoms. The van der Waals surface area contributed by atoms with E-state index in [-0.39, 0.29) is 12.4 Å². The Morgan fingerprint density at radius 2 is 2.44 bits per heavy atom. The van der Waals surface area contributed by atoms with Crippen LogP contribution in [0.4, 0.5) is 10.1 Å². The van der Waals surface area contributed by atoms with Gasteiger partial charge in [-0.3, -0.25) is 4.79 Å². The van der Waals surface area contributed by atoms with Gasteiger partial charge >= 0.3 is 5.97 Å². The predicted octanol–water partition coefficient (Wildman–Crippen LogP) is 2.21. The smallest absolute Gasteiger partial charge is 0.323 e. The summed E-state index contributed by atoms with van der Waals surface area (Å²) >= 11 is 1.65. The van der Waals surface area contributed by atoms with Gasteiger partial charge in [0, 0.05) is 16.7 Å². The number of nitrogens with zero attached hydrogens (tertiary/aromatic N) is 1. The number of carboxylic acid groups (broad SMARTS) is 1. The van der Waals surface area contributed by atoms with Crippen molar-refractivity contribution in [2.75, 3.05) is 18.0 Å². The van der Waals surface area contributed by atoms with Crippen molar-refractivity contribution in [2.24, 2.45) is 0 Å². The standard InChI is InChI=1S/C11H12FNO2S/c1-7-5-13(6-11(14)15)9-4-8(12)2-3-10(9)16-7/h2-4,7H,5-6H2,1H3,(H,14,15). The maximum absolute atomic E-state index is 13.1. The van der Waals surface area contributed by atoms with Crippen molar-refractivity contribution in [2.45, 2.75) is 17.1 Å². The molecule has 16 heavy (non-hydrogen) atoms. The molecular weight excluding hydrogens is 229 g/mol. The SMILES string of the molecule is CC1CN(CC(=O)O)c2cc(F)ccc2S1. The van der Waals surface area contributed by atoms with E-state index in [1.165, 1.54) is 12.1 Å². The molecular formula is C11H12FNO2S. The molecule has 86 valence electrons. The van der Waals surface area contributed by atoms with Crippen molar-refractivity contribution in [3.05, 3.63) is 24.0 Å². The van der Waals surface area contributed by atoms with Gasteiger partial charge in [0.05, 0.1) is 5.69 Å². The van der Waals surface area contributed by atoms with Crippen LogP contribution in [0.1, 0.15) is 6.92 Å². The van der Waals surface area contributed by atoms with Crippen molar-refractivity contribution in [3.63, 3.8) is 0 Å². The number of carbonyl (C=O) groups is 1. The average molecular weight is 241 g/mol. The van der Waals surface area contributed by atoms with Crippen LogP contribution in [0.2, 0.25) is 0 Å². The summed E-state index contributed by atoms with van der Waals surface area (Å²) < 4.78 is 13.1. The minimum atomic E-state index is -0.894. The molecule has 0 spiro atoms. The molecule has 1 aromatic rings. The fourth-order valence-electron chi connectivity index (χ4n) is 1.81. The lowest BCUT2D eigenvalue weighted by molar-refractivity contribution is -0.135. The number of carboxylic acids is 1. The molecule has 2 rings (SSSR count). The molecule has 1 aliphatic rings. The minimum absolute atomic E-state index is 0.0820. The summed E-state index contributed by atoms with van der Waals surface area (Å²) in [5.41, 5.74) is 0.686. The van der Waals surface area contributed by atoms with Crippen LogP contribution >= 0.6 is 11.8 Å². The van der Waals surface area contributed by atoms with Crippen LogP contribution in [0.3, 0.4) is 0 Å². The number of hydrogen-bond acceptors (Lipinski definition) is 3. The second kappa shape index (κ2) is 4.33. The van der Waals surface area contributed by atoms with E-state index in [4.69, 9.17) is 5.11 Å². The summed E-state index contributed by atoms with van der Waals surface area (Å²) in [4.78, 5) is 13.4. The summed E-state index contributed by atoms with van der Waals surface area (Å²) in [6.07, 6.45) is 0. The molecule has 0 radical (unpaired) electrons. The van der Waals surface area contributed by atoms with Gasteiger partial charge in [0.2, 0.25) is 0 Å². The first kappa shape index (κ1) is 11.3. The van der Waals surface area contributed by atoms with Gasteiger partial charge in [-0.1, -0.05) is 6.92 Å². The topological polar surface area (TPSA) is 40.5 Å². The lowest BCUT2D eigenvalue weighted by atomic mass is 10.2. The zero-order chi connectivity index (χ0) is 11.7. The van der Waals surface area contributed by atoms with E-state index in [0.717, 1.165) is 4.90 Å². The molecule has 0 fully saturated rings. The lowest BCUT2D eigenvalue weighted by Gasteiger charge is -2.33. The quantitative estimate of drug-likeness (QED) is 0.861. The van der Waals surface area contributed by atoms with E-state index in [1.54, 1.807) is 22.7 Å². The van der Waals surface area contributed by atoms with Gasteiger partial charge in [-0.2, -0.15) is 0 Å². The summed E-state index contributed by atoms with van der Waals surface area (Å²) in [5, 5.41) is 9.12. The Kier molecular flexibility index (Phi) is 3.05. The third-order valence-electron chi connectivity index (χ3n) is 2.39. The first-order chi connectivity index (χ1) is 7.56. The van der Waals surface area contributed by atoms with Crippen LogP contribution in [0, 0.1) is 5.82 Å². The van der Waals surface area contributed by atoms with Crippen LogP contribution in [0.5, 0.6) is 0 Å². The molecule has 1 aliphatic heterocycles.